The summed E-state index contributed by atoms with van der Waals surface area (Å²) in [6.45, 7) is 1.94. The summed E-state index contributed by atoms with van der Waals surface area (Å²) >= 11 is 5.96. The first-order chi connectivity index (χ1) is 11.5. The molecule has 2 aromatic rings. The number of halogens is 1. The van der Waals surface area contributed by atoms with E-state index < -0.39 is 11.9 Å². The van der Waals surface area contributed by atoms with Crippen LogP contribution in [0.1, 0.15) is 27.6 Å². The van der Waals surface area contributed by atoms with E-state index in [1.54, 1.807) is 13.0 Å². The summed E-state index contributed by atoms with van der Waals surface area (Å²) in [7, 11) is 1.26. The maximum atomic E-state index is 11.8. The number of carbonyl (C=O) groups excluding carboxylic acids is 2. The predicted molar refractivity (Wildman–Crippen MR) is 90.1 cm³/mol. The van der Waals surface area contributed by atoms with Crippen molar-refractivity contribution in [2.75, 3.05) is 19.0 Å². The fraction of sp³-hybridized carbons (Fsp3) is 0.176. The van der Waals surface area contributed by atoms with E-state index in [9.17, 15) is 14.7 Å². The summed E-state index contributed by atoms with van der Waals surface area (Å²) in [5.41, 5.74) is 1.07. The molecule has 126 valence electrons. The first-order valence-corrected chi connectivity index (χ1v) is 7.49. The zero-order valence-electron chi connectivity index (χ0n) is 13.1. The van der Waals surface area contributed by atoms with E-state index in [2.05, 4.69) is 5.32 Å². The van der Waals surface area contributed by atoms with Crippen LogP contribution in [0.15, 0.2) is 36.4 Å². The van der Waals surface area contributed by atoms with Crippen LogP contribution < -0.4 is 5.32 Å². The molecule has 2 N–H and O–H groups in total. The molecule has 0 saturated carbocycles. The van der Waals surface area contributed by atoms with Gasteiger partial charge in [0.2, 0.25) is 0 Å². The Morgan fingerprint density at radius 3 is 2.54 bits per heavy atom. The number of carbonyl (C=O) groups is 2. The monoisotopic (exact) mass is 349 g/mol. The van der Waals surface area contributed by atoms with Crippen molar-refractivity contribution in [3.05, 3.63) is 52.5 Å². The van der Waals surface area contributed by atoms with Crippen molar-refractivity contribution in [1.29, 1.82) is 0 Å². The van der Waals surface area contributed by atoms with E-state index in [1.807, 2.05) is 0 Å². The molecule has 0 bridgehead atoms. The minimum atomic E-state index is -0.560. The molecule has 2 rings (SSSR count). The van der Waals surface area contributed by atoms with Crippen LogP contribution in [0.3, 0.4) is 0 Å². The van der Waals surface area contributed by atoms with E-state index >= 15 is 0 Å². The smallest absolute Gasteiger partial charge is 0.339 e. The second-order valence-electron chi connectivity index (χ2n) is 4.76. The van der Waals surface area contributed by atoms with E-state index in [1.165, 1.54) is 37.4 Å². The average Bonchev–Trinajstić information content (AvgIpc) is 2.56. The number of methoxy groups -OCH3 is 1. The molecule has 0 aromatic heterocycles. The highest BCUT2D eigenvalue weighted by molar-refractivity contribution is 6.31. The minimum Gasteiger partial charge on any atom is -0.506 e. The summed E-state index contributed by atoms with van der Waals surface area (Å²) in [5.74, 6) is -1.17. The highest BCUT2D eigenvalue weighted by atomic mass is 35.5. The zero-order chi connectivity index (χ0) is 17.7. The molecule has 0 unspecified atom stereocenters. The normalized spacial score (nSPS) is 10.1. The number of phenols is 1. The van der Waals surface area contributed by atoms with Crippen LogP contribution in [0, 0.1) is 0 Å². The molecule has 0 radical (unpaired) electrons. The first kappa shape index (κ1) is 17.6. The molecule has 0 fully saturated rings. The summed E-state index contributed by atoms with van der Waals surface area (Å²) in [6, 6.07) is 8.80. The van der Waals surface area contributed by atoms with Crippen molar-refractivity contribution >= 4 is 34.9 Å². The van der Waals surface area contributed by atoms with Crippen LogP contribution in [-0.4, -0.2) is 30.8 Å². The molecule has 7 heteroatoms. The third kappa shape index (κ3) is 3.97. The molecule has 24 heavy (non-hydrogen) atoms. The molecule has 0 saturated heterocycles. The van der Waals surface area contributed by atoms with Gasteiger partial charge < -0.3 is 19.9 Å². The Bertz CT molecular complexity index is 776. The summed E-state index contributed by atoms with van der Waals surface area (Å²) in [6.07, 6.45) is 0. The summed E-state index contributed by atoms with van der Waals surface area (Å²) in [4.78, 5) is 23.6. The maximum absolute atomic E-state index is 11.8. The lowest BCUT2D eigenvalue weighted by atomic mass is 10.1. The Morgan fingerprint density at radius 2 is 1.88 bits per heavy atom. The van der Waals surface area contributed by atoms with Crippen LogP contribution in [0.4, 0.5) is 11.4 Å². The van der Waals surface area contributed by atoms with E-state index in [0.717, 1.165) is 0 Å². The van der Waals surface area contributed by atoms with Crippen molar-refractivity contribution in [3.8, 4) is 5.75 Å². The van der Waals surface area contributed by atoms with Crippen LogP contribution in [0.25, 0.3) is 0 Å². The number of rotatable bonds is 5. The van der Waals surface area contributed by atoms with E-state index in [0.29, 0.717) is 10.7 Å². The molecule has 0 aliphatic rings. The van der Waals surface area contributed by atoms with Crippen LogP contribution in [-0.2, 0) is 9.47 Å². The number of nitrogens with one attached hydrogen (secondary N) is 1. The molecule has 0 amide bonds. The number of hydrogen-bond donors (Lipinski definition) is 2. The lowest BCUT2D eigenvalue weighted by Gasteiger charge is -2.13. The van der Waals surface area contributed by atoms with Gasteiger partial charge in [0, 0.05) is 5.02 Å². The van der Waals surface area contributed by atoms with Crippen molar-refractivity contribution in [3.63, 3.8) is 0 Å². The van der Waals surface area contributed by atoms with E-state index in [-0.39, 0.29) is 29.2 Å². The largest absolute Gasteiger partial charge is 0.506 e. The fourth-order valence-electron chi connectivity index (χ4n) is 2.03. The molecule has 0 spiro atoms. The number of ether oxygens (including phenoxy) is 2. The molecular formula is C17H16ClNO5. The van der Waals surface area contributed by atoms with Crippen molar-refractivity contribution in [2.24, 2.45) is 0 Å². The third-order valence-corrected chi connectivity index (χ3v) is 3.40. The van der Waals surface area contributed by atoms with Gasteiger partial charge in [-0.15, -0.1) is 0 Å². The Kier molecular flexibility index (Phi) is 5.65. The molecule has 0 heterocycles. The quantitative estimate of drug-likeness (QED) is 0.631. The van der Waals surface area contributed by atoms with Crippen molar-refractivity contribution < 1.29 is 24.2 Å². The molecule has 6 nitrogen and oxygen atoms in total. The zero-order valence-corrected chi connectivity index (χ0v) is 13.9. The number of anilines is 2. The lowest BCUT2D eigenvalue weighted by molar-refractivity contribution is 0.0525. The number of phenolic OH excluding ortho intramolecular Hbond substituents is 1. The van der Waals surface area contributed by atoms with Gasteiger partial charge in [-0.05, 0) is 43.3 Å². The van der Waals surface area contributed by atoms with E-state index in [4.69, 9.17) is 21.1 Å². The highest BCUT2D eigenvalue weighted by Gasteiger charge is 2.15. The van der Waals surface area contributed by atoms with Crippen LogP contribution >= 0.6 is 11.6 Å². The fourth-order valence-corrected chi connectivity index (χ4v) is 2.20. The van der Waals surface area contributed by atoms with Gasteiger partial charge >= 0.3 is 11.9 Å². The highest BCUT2D eigenvalue weighted by Crippen LogP contribution is 2.31. The van der Waals surface area contributed by atoms with Gasteiger partial charge in [-0.3, -0.25) is 0 Å². The first-order valence-electron chi connectivity index (χ1n) is 7.11. The Morgan fingerprint density at radius 1 is 1.12 bits per heavy atom. The van der Waals surface area contributed by atoms with Gasteiger partial charge in [0.05, 0.1) is 36.2 Å². The molecule has 0 atom stereocenters. The van der Waals surface area contributed by atoms with Gasteiger partial charge in [0.15, 0.2) is 0 Å². The Hall–Kier alpha value is -2.73. The average molecular weight is 350 g/mol. The molecule has 0 aliphatic carbocycles. The molecule has 0 aliphatic heterocycles. The van der Waals surface area contributed by atoms with Gasteiger partial charge in [-0.2, -0.15) is 0 Å². The Balaban J connectivity index is 2.41. The molecule has 2 aromatic carbocycles. The minimum absolute atomic E-state index is 0.0983. The van der Waals surface area contributed by atoms with Gasteiger partial charge in [0.25, 0.3) is 0 Å². The predicted octanol–water partition coefficient (Wildman–Crippen LogP) is 3.75. The second-order valence-corrected chi connectivity index (χ2v) is 5.20. The number of benzene rings is 2. The number of aromatic hydroxyl groups is 1. The summed E-state index contributed by atoms with van der Waals surface area (Å²) < 4.78 is 9.65. The second kappa shape index (κ2) is 7.70. The molecular weight excluding hydrogens is 334 g/mol. The lowest BCUT2D eigenvalue weighted by Crippen LogP contribution is -2.07. The third-order valence-electron chi connectivity index (χ3n) is 3.16. The van der Waals surface area contributed by atoms with Crippen LogP contribution in [0.5, 0.6) is 5.75 Å². The maximum Gasteiger partial charge on any atom is 0.339 e. The van der Waals surface area contributed by atoms with Crippen LogP contribution in [0.2, 0.25) is 5.02 Å². The van der Waals surface area contributed by atoms with Gasteiger partial charge in [-0.1, -0.05) is 11.6 Å². The Labute approximate surface area is 144 Å². The number of hydrogen-bond acceptors (Lipinski definition) is 6. The van der Waals surface area contributed by atoms with Gasteiger partial charge in [0.1, 0.15) is 5.75 Å². The topological polar surface area (TPSA) is 84.9 Å². The number of esters is 2. The van der Waals surface area contributed by atoms with Crippen molar-refractivity contribution in [1.82, 2.24) is 0 Å². The summed E-state index contributed by atoms with van der Waals surface area (Å²) in [5, 5.41) is 13.3. The standard InChI is InChI=1S/C17H16ClNO5/c1-3-24-16(21)10-4-7-15(20)14(8-10)19-13-9-11(18)5-6-12(13)17(22)23-2/h4-9,19-20H,3H2,1-2H3. The van der Waals surface area contributed by atoms with Crippen molar-refractivity contribution in [2.45, 2.75) is 6.92 Å². The van der Waals surface area contributed by atoms with Gasteiger partial charge in [-0.25, -0.2) is 9.59 Å². The SMILES string of the molecule is CCOC(=O)c1ccc(O)c(Nc2cc(Cl)ccc2C(=O)OC)c1.